The fourth-order valence-electron chi connectivity index (χ4n) is 4.03. The summed E-state index contributed by atoms with van der Waals surface area (Å²) in [5.74, 6) is 0.840. The zero-order chi connectivity index (χ0) is 20.0. The van der Waals surface area contributed by atoms with Crippen LogP contribution < -0.4 is 15.0 Å². The number of halogens is 1. The number of para-hydroxylation sites is 1. The van der Waals surface area contributed by atoms with E-state index < -0.39 is 5.23 Å². The van der Waals surface area contributed by atoms with Crippen molar-refractivity contribution in [2.75, 3.05) is 11.6 Å². The lowest BCUT2D eigenvalue weighted by molar-refractivity contribution is -0.991. The molecule has 0 spiro atoms. The summed E-state index contributed by atoms with van der Waals surface area (Å²) in [4.78, 5) is 0. The highest BCUT2D eigenvalue weighted by Gasteiger charge is 2.44. The van der Waals surface area contributed by atoms with Gasteiger partial charge >= 0.3 is 0 Å². The van der Waals surface area contributed by atoms with Crippen molar-refractivity contribution in [3.05, 3.63) is 93.6 Å². The Hall–Kier alpha value is -2.71. The van der Waals surface area contributed by atoms with E-state index in [2.05, 4.69) is 22.0 Å². The van der Waals surface area contributed by atoms with Crippen molar-refractivity contribution < 1.29 is 15.2 Å². The van der Waals surface area contributed by atoms with E-state index in [1.54, 1.807) is 18.2 Å². The van der Waals surface area contributed by atoms with Gasteiger partial charge in [0.1, 0.15) is 5.75 Å². The Balaban J connectivity index is 1.65. The number of rotatable bonds is 3. The molecule has 3 unspecified atom stereocenters. The number of anilines is 1. The van der Waals surface area contributed by atoms with Crippen molar-refractivity contribution in [1.82, 2.24) is 0 Å². The van der Waals surface area contributed by atoms with E-state index in [-0.39, 0.29) is 17.6 Å². The molecule has 29 heavy (non-hydrogen) atoms. The van der Waals surface area contributed by atoms with Gasteiger partial charge in [0, 0.05) is 27.7 Å². The Bertz CT molecular complexity index is 1090. The third kappa shape index (κ3) is 3.22. The van der Waals surface area contributed by atoms with Crippen molar-refractivity contribution in [3.8, 4) is 5.75 Å². The summed E-state index contributed by atoms with van der Waals surface area (Å²) in [6, 6.07) is 23.0. The monoisotopic (exact) mass is 451 g/mol. The third-order valence-electron chi connectivity index (χ3n) is 5.35. The second-order valence-electron chi connectivity index (χ2n) is 7.10. The molecule has 146 valence electrons. The SMILES string of the molecule is [O-][NH+](O)c1cccc(C2=NN(c3ccccc3)C3c4cc(Br)ccc4OCC23)c1. The standard InChI is InChI=1S/C22H18BrN3O3/c23-15-9-10-20-18(12-15)22-19(13-29-20)21(14-5-4-8-17(11-14)26(27)28)24-25(22)16-6-2-1-3-7-16/h1-12,19,22,26-27H,13H2. The van der Waals surface area contributed by atoms with Gasteiger partial charge in [0.2, 0.25) is 0 Å². The van der Waals surface area contributed by atoms with E-state index in [1.165, 1.54) is 0 Å². The molecule has 2 heterocycles. The smallest absolute Gasteiger partial charge is 0.164 e. The summed E-state index contributed by atoms with van der Waals surface area (Å²) in [6.45, 7) is 0.485. The fraction of sp³-hybridized carbons (Fsp3) is 0.136. The van der Waals surface area contributed by atoms with Crippen LogP contribution in [0.25, 0.3) is 0 Å². The Labute approximate surface area is 176 Å². The van der Waals surface area contributed by atoms with Crippen LogP contribution in [-0.4, -0.2) is 17.5 Å². The fourth-order valence-corrected chi connectivity index (χ4v) is 4.41. The van der Waals surface area contributed by atoms with Crippen molar-refractivity contribution in [1.29, 1.82) is 0 Å². The molecular formula is C22H18BrN3O3. The maximum atomic E-state index is 11.5. The van der Waals surface area contributed by atoms with E-state index in [4.69, 9.17) is 9.84 Å². The van der Waals surface area contributed by atoms with E-state index in [9.17, 15) is 10.4 Å². The molecule has 0 amide bonds. The first kappa shape index (κ1) is 18.3. The molecule has 2 N–H and O–H groups in total. The van der Waals surface area contributed by atoms with Crippen LogP contribution in [0.1, 0.15) is 17.2 Å². The number of hydrogen-bond acceptors (Lipinski definition) is 5. The normalized spacial score (nSPS) is 21.1. The average molecular weight is 452 g/mol. The number of benzene rings is 3. The van der Waals surface area contributed by atoms with Crippen molar-refractivity contribution in [2.45, 2.75) is 6.04 Å². The van der Waals surface area contributed by atoms with Crippen molar-refractivity contribution in [3.63, 3.8) is 0 Å². The Morgan fingerprint density at radius 2 is 1.90 bits per heavy atom. The maximum Gasteiger partial charge on any atom is 0.164 e. The highest BCUT2D eigenvalue weighted by molar-refractivity contribution is 9.10. The predicted molar refractivity (Wildman–Crippen MR) is 114 cm³/mol. The number of fused-ring (bicyclic) bond motifs is 3. The van der Waals surface area contributed by atoms with Crippen LogP contribution in [0.3, 0.4) is 0 Å². The Morgan fingerprint density at radius 1 is 1.07 bits per heavy atom. The lowest BCUT2D eigenvalue weighted by Gasteiger charge is -2.34. The molecule has 2 aliphatic heterocycles. The van der Waals surface area contributed by atoms with Gasteiger partial charge in [-0.25, -0.2) is 5.21 Å². The van der Waals surface area contributed by atoms with Gasteiger partial charge in [-0.3, -0.25) is 5.01 Å². The zero-order valence-corrected chi connectivity index (χ0v) is 16.9. The number of nitrogens with one attached hydrogen (secondary N) is 1. The number of nitrogens with zero attached hydrogens (tertiary/aromatic N) is 2. The molecule has 2 aliphatic rings. The Kier molecular flexibility index (Phi) is 4.60. The number of ether oxygens (including phenoxy) is 1. The summed E-state index contributed by atoms with van der Waals surface area (Å²) in [7, 11) is 0. The van der Waals surface area contributed by atoms with Crippen LogP contribution in [0.2, 0.25) is 0 Å². The van der Waals surface area contributed by atoms with Gasteiger partial charge in [0.15, 0.2) is 5.69 Å². The first-order valence-corrected chi connectivity index (χ1v) is 10.1. The molecule has 0 aliphatic carbocycles. The van der Waals surface area contributed by atoms with Gasteiger partial charge in [0.05, 0.1) is 30.0 Å². The van der Waals surface area contributed by atoms with E-state index >= 15 is 0 Å². The summed E-state index contributed by atoms with van der Waals surface area (Å²) in [6.07, 6.45) is 0. The first-order valence-electron chi connectivity index (χ1n) is 9.30. The molecule has 0 fully saturated rings. The van der Waals surface area contributed by atoms with Gasteiger partial charge in [-0.2, -0.15) is 10.3 Å². The zero-order valence-electron chi connectivity index (χ0n) is 15.3. The maximum absolute atomic E-state index is 11.5. The molecule has 0 radical (unpaired) electrons. The Morgan fingerprint density at radius 3 is 2.69 bits per heavy atom. The number of quaternary nitrogens is 1. The second-order valence-corrected chi connectivity index (χ2v) is 8.01. The van der Waals surface area contributed by atoms with E-state index in [0.717, 1.165) is 32.7 Å². The number of hydrogen-bond donors (Lipinski definition) is 2. The summed E-state index contributed by atoms with van der Waals surface area (Å²) in [5, 5.41) is 26.9. The molecule has 3 atom stereocenters. The topological polar surface area (TPSA) is 72.6 Å². The molecule has 7 heteroatoms. The molecule has 3 aromatic carbocycles. The largest absolute Gasteiger partial charge is 0.595 e. The molecule has 0 saturated carbocycles. The second kappa shape index (κ2) is 7.27. The molecule has 0 bridgehead atoms. The summed E-state index contributed by atoms with van der Waals surface area (Å²) < 4.78 is 7.04. The van der Waals surface area contributed by atoms with Crippen LogP contribution in [0.5, 0.6) is 5.75 Å². The lowest BCUT2D eigenvalue weighted by atomic mass is 9.85. The highest BCUT2D eigenvalue weighted by atomic mass is 79.9. The van der Waals surface area contributed by atoms with Crippen LogP contribution in [0.4, 0.5) is 11.4 Å². The van der Waals surface area contributed by atoms with Crippen LogP contribution in [-0.2, 0) is 0 Å². The lowest BCUT2D eigenvalue weighted by Crippen LogP contribution is -2.99. The predicted octanol–water partition coefficient (Wildman–Crippen LogP) is 3.83. The van der Waals surface area contributed by atoms with Crippen LogP contribution >= 0.6 is 15.9 Å². The quantitative estimate of drug-likeness (QED) is 0.593. The molecule has 6 nitrogen and oxygen atoms in total. The molecule has 3 aromatic rings. The average Bonchev–Trinajstić information content (AvgIpc) is 3.14. The highest BCUT2D eigenvalue weighted by Crippen LogP contribution is 2.47. The van der Waals surface area contributed by atoms with Crippen LogP contribution in [0.15, 0.2) is 82.4 Å². The molecule has 0 aromatic heterocycles. The number of hydrazone groups is 1. The van der Waals surface area contributed by atoms with Gasteiger partial charge in [-0.05, 0) is 30.3 Å². The molecule has 0 saturated heterocycles. The van der Waals surface area contributed by atoms with Crippen molar-refractivity contribution >= 4 is 33.0 Å². The van der Waals surface area contributed by atoms with Crippen molar-refractivity contribution in [2.24, 2.45) is 11.0 Å². The molecular weight excluding hydrogens is 434 g/mol. The first-order chi connectivity index (χ1) is 14.1. The minimum absolute atomic E-state index is 0.0129. The summed E-state index contributed by atoms with van der Waals surface area (Å²) in [5.41, 5.74) is 3.94. The minimum atomic E-state index is -0.948. The van der Waals surface area contributed by atoms with Gasteiger partial charge < -0.3 is 9.94 Å². The third-order valence-corrected chi connectivity index (χ3v) is 5.84. The van der Waals surface area contributed by atoms with E-state index in [0.29, 0.717) is 6.61 Å². The van der Waals surface area contributed by atoms with Gasteiger partial charge in [-0.15, -0.1) is 0 Å². The summed E-state index contributed by atoms with van der Waals surface area (Å²) >= 11 is 3.57. The van der Waals surface area contributed by atoms with Crippen LogP contribution in [0, 0.1) is 11.1 Å². The minimum Gasteiger partial charge on any atom is -0.595 e. The van der Waals surface area contributed by atoms with E-state index in [1.807, 2.05) is 53.5 Å². The molecule has 5 rings (SSSR count). The van der Waals surface area contributed by atoms with Gasteiger partial charge in [-0.1, -0.05) is 46.3 Å². The van der Waals surface area contributed by atoms with Gasteiger partial charge in [0.25, 0.3) is 0 Å².